The molecule has 204 valence electrons. The van der Waals surface area contributed by atoms with Gasteiger partial charge in [0.25, 0.3) is 16.8 Å². The monoisotopic (exact) mass is 625 g/mol. The maximum atomic E-state index is 13.1. The minimum atomic E-state index is -0.603. The highest BCUT2D eigenvalue weighted by atomic mass is 79.9. The Hall–Kier alpha value is -4.36. The van der Waals surface area contributed by atoms with E-state index >= 15 is 0 Å². The molecular weight excluding hydrogens is 606 g/mol. The maximum Gasteiger partial charge on any atom is 0.294 e. The predicted octanol–water partition coefficient (Wildman–Crippen LogP) is 5.38. The number of nitro benzene ring substituents is 1. The molecule has 11 nitrogen and oxygen atoms in total. The van der Waals surface area contributed by atoms with E-state index in [1.54, 1.807) is 48.5 Å². The Bertz CT molecular complexity index is 1540. The molecular formula is C27H20BrN3O8S. The number of nitrogens with one attached hydrogen (secondary N) is 1. The van der Waals surface area contributed by atoms with E-state index in [-0.39, 0.29) is 17.2 Å². The van der Waals surface area contributed by atoms with Crippen molar-refractivity contribution in [2.75, 3.05) is 25.1 Å². The van der Waals surface area contributed by atoms with Crippen LogP contribution in [-0.4, -0.2) is 46.6 Å². The van der Waals surface area contributed by atoms with E-state index in [2.05, 4.69) is 21.2 Å². The summed E-state index contributed by atoms with van der Waals surface area (Å²) in [5.74, 6) is 0.357. The molecule has 40 heavy (non-hydrogen) atoms. The van der Waals surface area contributed by atoms with Crippen LogP contribution >= 0.6 is 27.7 Å². The smallest absolute Gasteiger partial charge is 0.294 e. The van der Waals surface area contributed by atoms with Gasteiger partial charge in [0.15, 0.2) is 11.5 Å². The minimum absolute atomic E-state index is 0.0243. The molecule has 3 amide bonds. The molecule has 0 radical (unpaired) electrons. The highest BCUT2D eigenvalue weighted by Crippen LogP contribution is 2.36. The first-order valence-corrected chi connectivity index (χ1v) is 13.5. The van der Waals surface area contributed by atoms with Gasteiger partial charge in [-0.05, 0) is 65.9 Å². The first-order chi connectivity index (χ1) is 19.3. The lowest BCUT2D eigenvalue weighted by molar-refractivity contribution is -0.384. The normalized spacial score (nSPS) is 15.3. The summed E-state index contributed by atoms with van der Waals surface area (Å²) < 4.78 is 17.6. The zero-order valence-corrected chi connectivity index (χ0v) is 23.0. The zero-order chi connectivity index (χ0) is 28.2. The van der Waals surface area contributed by atoms with Gasteiger partial charge in [0.1, 0.15) is 32.1 Å². The van der Waals surface area contributed by atoms with Crippen LogP contribution in [0.2, 0.25) is 0 Å². The van der Waals surface area contributed by atoms with Crippen LogP contribution < -0.4 is 19.5 Å². The number of thioether (sulfide) groups is 1. The van der Waals surface area contributed by atoms with Crippen LogP contribution in [0.5, 0.6) is 17.2 Å². The number of carbonyl (C=O) groups excluding carboxylic acids is 3. The molecule has 2 aliphatic heterocycles. The number of amides is 3. The molecule has 0 unspecified atom stereocenters. The first-order valence-electron chi connectivity index (χ1n) is 11.9. The highest BCUT2D eigenvalue weighted by molar-refractivity contribution is 9.10. The first kappa shape index (κ1) is 27.2. The maximum absolute atomic E-state index is 13.1. The molecule has 0 spiro atoms. The van der Waals surface area contributed by atoms with E-state index in [4.69, 9.17) is 14.2 Å². The number of hydrogen-bond acceptors (Lipinski definition) is 9. The van der Waals surface area contributed by atoms with Gasteiger partial charge < -0.3 is 19.5 Å². The lowest BCUT2D eigenvalue weighted by Gasteiger charge is -2.19. The average molecular weight is 626 g/mol. The summed E-state index contributed by atoms with van der Waals surface area (Å²) in [7, 11) is 0. The molecule has 0 saturated carbocycles. The number of imide groups is 1. The van der Waals surface area contributed by atoms with Gasteiger partial charge in [-0.25, -0.2) is 0 Å². The van der Waals surface area contributed by atoms with E-state index in [1.165, 1.54) is 18.2 Å². The SMILES string of the molecule is O=C(CN1C(=O)S/C(=C\c2cc(Br)ccc2OCc2ccc([N+](=O)[O-])cc2)C1=O)Nc1ccc2c(c1)OCCO2. The number of anilines is 1. The summed E-state index contributed by atoms with van der Waals surface area (Å²) in [6, 6.07) is 16.1. The molecule has 13 heteroatoms. The molecule has 1 fully saturated rings. The summed E-state index contributed by atoms with van der Waals surface area (Å²) in [5, 5.41) is 13.0. The van der Waals surface area contributed by atoms with Gasteiger partial charge in [-0.2, -0.15) is 0 Å². The second-order valence-corrected chi connectivity index (χ2v) is 10.5. The van der Waals surface area contributed by atoms with Crippen LogP contribution in [0.1, 0.15) is 11.1 Å². The number of ether oxygens (including phenoxy) is 3. The van der Waals surface area contributed by atoms with Gasteiger partial charge in [-0.1, -0.05) is 15.9 Å². The standard InChI is InChI=1S/C27H20BrN3O8S/c28-18-3-7-21(39-15-16-1-5-20(6-2-16)31(35)36)17(11-18)12-24-26(33)30(27(34)40-24)14-25(32)29-19-4-8-22-23(13-19)38-10-9-37-22/h1-8,11-13H,9-10,14-15H2,(H,29,32)/b24-12-. The van der Waals surface area contributed by atoms with Crippen molar-refractivity contribution in [1.29, 1.82) is 0 Å². The van der Waals surface area contributed by atoms with Crippen LogP contribution in [0, 0.1) is 10.1 Å². The summed E-state index contributed by atoms with van der Waals surface area (Å²) in [6.45, 7) is 0.508. The van der Waals surface area contributed by atoms with E-state index in [9.17, 15) is 24.5 Å². The fourth-order valence-electron chi connectivity index (χ4n) is 3.88. The van der Waals surface area contributed by atoms with Gasteiger partial charge in [0, 0.05) is 33.9 Å². The second kappa shape index (κ2) is 11.8. The Labute approximate surface area is 240 Å². The van der Waals surface area contributed by atoms with Crippen molar-refractivity contribution in [2.24, 2.45) is 0 Å². The van der Waals surface area contributed by atoms with Crippen LogP contribution in [-0.2, 0) is 16.2 Å². The molecule has 0 aliphatic carbocycles. The van der Waals surface area contributed by atoms with Gasteiger partial charge in [-0.3, -0.25) is 29.4 Å². The van der Waals surface area contributed by atoms with Crippen molar-refractivity contribution in [3.05, 3.63) is 91.3 Å². The third kappa shape index (κ3) is 6.26. The number of halogens is 1. The second-order valence-electron chi connectivity index (χ2n) is 8.57. The molecule has 0 bridgehead atoms. The predicted molar refractivity (Wildman–Crippen MR) is 150 cm³/mol. The topological polar surface area (TPSA) is 137 Å². The summed E-state index contributed by atoms with van der Waals surface area (Å²) in [5.41, 5.74) is 1.66. The number of rotatable bonds is 8. The number of hydrogen-bond donors (Lipinski definition) is 1. The number of fused-ring (bicyclic) bond motifs is 1. The van der Waals surface area contributed by atoms with E-state index in [1.807, 2.05) is 0 Å². The van der Waals surface area contributed by atoms with Crippen molar-refractivity contribution in [1.82, 2.24) is 4.90 Å². The number of benzene rings is 3. The number of nitrogens with zero attached hydrogens (tertiary/aromatic N) is 2. The molecule has 0 aromatic heterocycles. The fourth-order valence-corrected chi connectivity index (χ4v) is 5.09. The Morgan fingerprint density at radius 2 is 1.82 bits per heavy atom. The Kier molecular flexibility index (Phi) is 8.03. The highest BCUT2D eigenvalue weighted by Gasteiger charge is 2.36. The van der Waals surface area contributed by atoms with Gasteiger partial charge in [0.05, 0.1) is 9.83 Å². The van der Waals surface area contributed by atoms with E-state index in [0.29, 0.717) is 47.3 Å². The number of nitro groups is 1. The average Bonchev–Trinajstić information content (AvgIpc) is 3.20. The van der Waals surface area contributed by atoms with E-state index < -0.39 is 28.5 Å². The van der Waals surface area contributed by atoms with Crippen molar-refractivity contribution >= 4 is 62.2 Å². The lowest BCUT2D eigenvalue weighted by atomic mass is 10.1. The molecule has 3 aromatic carbocycles. The van der Waals surface area contributed by atoms with Crippen LogP contribution in [0.25, 0.3) is 6.08 Å². The number of carbonyl (C=O) groups is 3. The Balaban J connectivity index is 1.26. The van der Waals surface area contributed by atoms with Gasteiger partial charge in [-0.15, -0.1) is 0 Å². The minimum Gasteiger partial charge on any atom is -0.488 e. The summed E-state index contributed by atoms with van der Waals surface area (Å²) in [4.78, 5) is 49.7. The summed E-state index contributed by atoms with van der Waals surface area (Å²) in [6.07, 6.45) is 1.53. The molecule has 2 aliphatic rings. The van der Waals surface area contributed by atoms with Gasteiger partial charge in [0.2, 0.25) is 5.91 Å². The van der Waals surface area contributed by atoms with Crippen LogP contribution in [0.4, 0.5) is 16.2 Å². The molecule has 1 saturated heterocycles. The Morgan fingerprint density at radius 3 is 2.58 bits per heavy atom. The van der Waals surface area contributed by atoms with Crippen LogP contribution in [0.3, 0.4) is 0 Å². The third-order valence-electron chi connectivity index (χ3n) is 5.80. The zero-order valence-electron chi connectivity index (χ0n) is 20.6. The fraction of sp³-hybridized carbons (Fsp3) is 0.148. The van der Waals surface area contributed by atoms with Crippen molar-refractivity contribution in [2.45, 2.75) is 6.61 Å². The lowest BCUT2D eigenvalue weighted by Crippen LogP contribution is -2.36. The molecule has 2 heterocycles. The molecule has 1 N–H and O–H groups in total. The van der Waals surface area contributed by atoms with Gasteiger partial charge >= 0.3 is 0 Å². The quantitative estimate of drug-likeness (QED) is 0.198. The van der Waals surface area contributed by atoms with Crippen molar-refractivity contribution < 1.29 is 33.5 Å². The molecule has 5 rings (SSSR count). The number of non-ortho nitro benzene ring substituents is 1. The molecule has 3 aromatic rings. The molecule has 0 atom stereocenters. The third-order valence-corrected chi connectivity index (χ3v) is 7.20. The Morgan fingerprint density at radius 1 is 1.07 bits per heavy atom. The van der Waals surface area contributed by atoms with Crippen molar-refractivity contribution in [3.63, 3.8) is 0 Å². The largest absolute Gasteiger partial charge is 0.488 e. The van der Waals surface area contributed by atoms with Crippen LogP contribution in [0.15, 0.2) is 70.0 Å². The van der Waals surface area contributed by atoms with E-state index in [0.717, 1.165) is 21.1 Å². The summed E-state index contributed by atoms with van der Waals surface area (Å²) >= 11 is 4.13. The van der Waals surface area contributed by atoms with Crippen molar-refractivity contribution in [3.8, 4) is 17.2 Å².